The Bertz CT molecular complexity index is 342. The predicted octanol–water partition coefficient (Wildman–Crippen LogP) is 0.596. The molecule has 1 rings (SSSR count). The predicted molar refractivity (Wildman–Crippen MR) is 55.7 cm³/mol. The maximum atomic E-state index is 11.6. The number of aliphatic hydroxyl groups is 1. The topological polar surface area (TPSA) is 71.0 Å². The number of nitrogens with one attached hydrogen (secondary N) is 1. The molecule has 0 aromatic carbocycles. The van der Waals surface area contributed by atoms with Crippen LogP contribution in [0.3, 0.4) is 0 Å². The van der Waals surface area contributed by atoms with Crippen molar-refractivity contribution in [2.24, 2.45) is 0 Å². The summed E-state index contributed by atoms with van der Waals surface area (Å²) in [5.74, 6) is 0. The van der Waals surface area contributed by atoms with Crippen LogP contribution in [0.2, 0.25) is 0 Å². The molecule has 2 N–H and O–H groups in total. The lowest BCUT2D eigenvalue weighted by Gasteiger charge is -2.06. The van der Waals surface area contributed by atoms with Gasteiger partial charge in [-0.1, -0.05) is 11.8 Å². The zero-order valence-corrected chi connectivity index (χ0v) is 8.67. The molecule has 0 saturated carbocycles. The molecule has 76 valence electrons. The van der Waals surface area contributed by atoms with E-state index in [0.29, 0.717) is 10.7 Å². The smallest absolute Gasteiger partial charge is 0.251 e. The number of thioether (sulfide) groups is 1. The van der Waals surface area contributed by atoms with Crippen LogP contribution in [0.25, 0.3) is 0 Å². The van der Waals surface area contributed by atoms with Gasteiger partial charge in [0.1, 0.15) is 0 Å². The maximum Gasteiger partial charge on any atom is 0.251 e. The van der Waals surface area contributed by atoms with Gasteiger partial charge in [0.25, 0.3) is 5.03 Å². The van der Waals surface area contributed by atoms with Crippen LogP contribution in [0.4, 0.5) is 0 Å². The van der Waals surface area contributed by atoms with Gasteiger partial charge in [-0.15, -0.1) is 0 Å². The minimum absolute atomic E-state index is 0.146. The minimum atomic E-state index is -0.302. The van der Waals surface area contributed by atoms with Crippen molar-refractivity contribution in [2.45, 2.75) is 11.4 Å². The van der Waals surface area contributed by atoms with Gasteiger partial charge >= 0.3 is 0 Å². The first-order valence-electron chi connectivity index (χ1n) is 4.11. The van der Waals surface area contributed by atoms with E-state index in [0.717, 1.165) is 4.73 Å². The molecule has 0 fully saturated rings. The highest BCUT2D eigenvalue weighted by Crippen LogP contribution is 2.09. The van der Waals surface area contributed by atoms with E-state index in [2.05, 4.69) is 0 Å². The molecule has 0 aliphatic rings. The molecule has 0 aliphatic heterocycles. The first-order chi connectivity index (χ1) is 6.69. The fraction of sp³-hybridized carbons (Fsp3) is 0.333. The lowest BCUT2D eigenvalue weighted by Crippen LogP contribution is -2.35. The Morgan fingerprint density at radius 1 is 1.64 bits per heavy atom. The van der Waals surface area contributed by atoms with Gasteiger partial charge in [0.05, 0.1) is 13.0 Å². The van der Waals surface area contributed by atoms with Crippen molar-refractivity contribution < 1.29 is 9.84 Å². The van der Waals surface area contributed by atoms with Crippen molar-refractivity contribution in [3.63, 3.8) is 0 Å². The van der Waals surface area contributed by atoms with Gasteiger partial charge in [0.15, 0.2) is 5.69 Å². The van der Waals surface area contributed by atoms with Crippen LogP contribution in [-0.2, 0) is 6.42 Å². The highest BCUT2D eigenvalue weighted by molar-refractivity contribution is 7.98. The van der Waals surface area contributed by atoms with Crippen LogP contribution >= 0.6 is 11.8 Å². The summed E-state index contributed by atoms with van der Waals surface area (Å²) in [6.07, 6.45) is 2.03. The molecule has 0 saturated heterocycles. The van der Waals surface area contributed by atoms with Crippen LogP contribution in [0.5, 0.6) is 0 Å². The SMILES string of the molecule is CSc1cccc(CC(=N)CO)[n+]1[O-]. The largest absolute Gasteiger partial charge is 0.618 e. The monoisotopic (exact) mass is 212 g/mol. The molecule has 0 atom stereocenters. The zero-order valence-electron chi connectivity index (χ0n) is 7.86. The second-order valence-electron chi connectivity index (χ2n) is 2.79. The summed E-state index contributed by atoms with van der Waals surface area (Å²) in [6.45, 7) is -0.302. The molecular formula is C9H12N2O2S. The molecular weight excluding hydrogens is 200 g/mol. The van der Waals surface area contributed by atoms with Crippen molar-refractivity contribution in [2.75, 3.05) is 12.9 Å². The third-order valence-electron chi connectivity index (χ3n) is 1.78. The standard InChI is InChI=1S/C9H12N2O2S/c1-14-9-4-2-3-8(11(9)13)5-7(10)6-12/h2-4,10,12H,5-6H2,1H3. The lowest BCUT2D eigenvalue weighted by molar-refractivity contribution is -0.652. The highest BCUT2D eigenvalue weighted by atomic mass is 32.2. The summed E-state index contributed by atoms with van der Waals surface area (Å²) >= 11 is 1.36. The van der Waals surface area contributed by atoms with E-state index >= 15 is 0 Å². The van der Waals surface area contributed by atoms with Crippen LogP contribution in [0.15, 0.2) is 23.2 Å². The number of aliphatic hydroxyl groups excluding tert-OH is 1. The van der Waals surface area contributed by atoms with Gasteiger partial charge < -0.3 is 15.7 Å². The molecule has 1 aromatic rings. The van der Waals surface area contributed by atoms with Gasteiger partial charge in [0.2, 0.25) is 0 Å². The van der Waals surface area contributed by atoms with Crippen LogP contribution in [0, 0.1) is 10.6 Å². The maximum absolute atomic E-state index is 11.6. The number of hydrogen-bond donors (Lipinski definition) is 2. The van der Waals surface area contributed by atoms with E-state index in [1.165, 1.54) is 11.8 Å². The fourth-order valence-electron chi connectivity index (χ4n) is 1.07. The first kappa shape index (κ1) is 11.0. The zero-order chi connectivity index (χ0) is 10.6. The van der Waals surface area contributed by atoms with E-state index < -0.39 is 0 Å². The molecule has 1 heterocycles. The summed E-state index contributed by atoms with van der Waals surface area (Å²) in [6, 6.07) is 5.17. The minimum Gasteiger partial charge on any atom is -0.618 e. The van der Waals surface area contributed by atoms with Crippen LogP contribution < -0.4 is 4.73 Å². The second kappa shape index (κ2) is 4.97. The molecule has 1 aromatic heterocycles. The third kappa shape index (κ3) is 2.46. The van der Waals surface area contributed by atoms with E-state index in [4.69, 9.17) is 10.5 Å². The van der Waals surface area contributed by atoms with Crippen molar-refractivity contribution >= 4 is 17.5 Å². The summed E-state index contributed by atoms with van der Waals surface area (Å²) in [4.78, 5) is 0. The van der Waals surface area contributed by atoms with Crippen molar-refractivity contribution in [1.29, 1.82) is 5.41 Å². The summed E-state index contributed by atoms with van der Waals surface area (Å²) in [5, 5.41) is 28.1. The molecule has 0 aliphatic carbocycles. The van der Waals surface area contributed by atoms with Gasteiger partial charge in [-0.3, -0.25) is 0 Å². The number of rotatable bonds is 4. The quantitative estimate of drug-likeness (QED) is 0.332. The Morgan fingerprint density at radius 2 is 2.36 bits per heavy atom. The number of aromatic nitrogens is 1. The summed E-state index contributed by atoms with van der Waals surface area (Å²) < 4.78 is 0.800. The van der Waals surface area contributed by atoms with Gasteiger partial charge in [-0.25, -0.2) is 0 Å². The van der Waals surface area contributed by atoms with Gasteiger partial charge in [-0.05, 0) is 12.3 Å². The summed E-state index contributed by atoms with van der Waals surface area (Å²) in [5.41, 5.74) is 0.642. The first-order valence-corrected chi connectivity index (χ1v) is 5.34. The Hall–Kier alpha value is -1.07. The molecule has 0 unspecified atom stereocenters. The molecule has 0 radical (unpaired) electrons. The Labute approximate surface area is 86.7 Å². The number of hydrogen-bond acceptors (Lipinski definition) is 4. The number of nitrogens with zero attached hydrogens (tertiary/aromatic N) is 1. The normalized spacial score (nSPS) is 10.1. The van der Waals surface area contributed by atoms with Crippen LogP contribution in [0.1, 0.15) is 5.69 Å². The molecule has 0 amide bonds. The second-order valence-corrected chi connectivity index (χ2v) is 3.62. The highest BCUT2D eigenvalue weighted by Gasteiger charge is 2.11. The van der Waals surface area contributed by atoms with Gasteiger partial charge in [0, 0.05) is 17.8 Å². The van der Waals surface area contributed by atoms with Crippen molar-refractivity contribution in [3.05, 3.63) is 29.1 Å². The molecule has 4 nitrogen and oxygen atoms in total. The van der Waals surface area contributed by atoms with E-state index in [-0.39, 0.29) is 18.7 Å². The Kier molecular flexibility index (Phi) is 3.91. The van der Waals surface area contributed by atoms with E-state index in [1.807, 2.05) is 6.26 Å². The molecule has 5 heteroatoms. The van der Waals surface area contributed by atoms with Gasteiger partial charge in [-0.2, -0.15) is 4.73 Å². The Balaban J connectivity index is 2.92. The summed E-state index contributed by atoms with van der Waals surface area (Å²) in [7, 11) is 0. The van der Waals surface area contributed by atoms with Crippen LogP contribution in [-0.4, -0.2) is 23.7 Å². The van der Waals surface area contributed by atoms with Crippen molar-refractivity contribution in [3.8, 4) is 0 Å². The molecule has 0 spiro atoms. The van der Waals surface area contributed by atoms with E-state index in [9.17, 15) is 5.21 Å². The van der Waals surface area contributed by atoms with E-state index in [1.54, 1.807) is 18.2 Å². The Morgan fingerprint density at radius 3 is 2.93 bits per heavy atom. The third-order valence-corrected chi connectivity index (χ3v) is 2.50. The molecule has 0 bridgehead atoms. The average Bonchev–Trinajstić information content (AvgIpc) is 2.21. The number of pyridine rings is 1. The fourth-order valence-corrected chi connectivity index (χ4v) is 1.57. The lowest BCUT2D eigenvalue weighted by atomic mass is 10.2. The molecule has 14 heavy (non-hydrogen) atoms. The average molecular weight is 212 g/mol. The van der Waals surface area contributed by atoms with Crippen molar-refractivity contribution in [1.82, 2.24) is 0 Å².